The number of primary amides is 1. The lowest BCUT2D eigenvalue weighted by molar-refractivity contribution is -0.126. The maximum absolute atomic E-state index is 13.5. The van der Waals surface area contributed by atoms with E-state index in [0.29, 0.717) is 31.5 Å². The summed E-state index contributed by atoms with van der Waals surface area (Å²) >= 11 is 0. The smallest absolute Gasteiger partial charge is 0.223 e. The van der Waals surface area contributed by atoms with Crippen LogP contribution in [-0.2, 0) is 16.0 Å². The molecule has 0 spiro atoms. The highest BCUT2D eigenvalue weighted by Gasteiger charge is 2.24. The van der Waals surface area contributed by atoms with Crippen LogP contribution in [0.5, 0.6) is 0 Å². The molecule has 0 bridgehead atoms. The number of nitrogens with one attached hydrogen (secondary N) is 1. The van der Waals surface area contributed by atoms with Gasteiger partial charge in [0.2, 0.25) is 11.8 Å². The van der Waals surface area contributed by atoms with Gasteiger partial charge in [-0.2, -0.15) is 0 Å². The highest BCUT2D eigenvalue weighted by Crippen LogP contribution is 2.17. The summed E-state index contributed by atoms with van der Waals surface area (Å²) in [6, 6.07) is 6.61. The molecule has 0 radical (unpaired) electrons. The molecule has 1 aliphatic heterocycles. The minimum atomic E-state index is -0.294. The van der Waals surface area contributed by atoms with Crippen LogP contribution in [-0.4, -0.2) is 42.9 Å². The standard InChI is InChI=1S/C17H24FN3O2/c18-15-4-2-1-3-13(15)5-9-20-17(23)14-6-10-21(11-7-14)12-8-16(19)22/h1-4,14H,5-12H2,(H2,19,22)(H,20,23). The zero-order valence-corrected chi connectivity index (χ0v) is 13.3. The van der Waals surface area contributed by atoms with Gasteiger partial charge in [0, 0.05) is 25.4 Å². The van der Waals surface area contributed by atoms with E-state index in [4.69, 9.17) is 5.73 Å². The fourth-order valence-corrected chi connectivity index (χ4v) is 2.85. The van der Waals surface area contributed by atoms with E-state index < -0.39 is 0 Å². The first-order valence-corrected chi connectivity index (χ1v) is 8.08. The van der Waals surface area contributed by atoms with Gasteiger partial charge in [-0.05, 0) is 44.0 Å². The molecule has 126 valence electrons. The molecule has 0 aromatic heterocycles. The lowest BCUT2D eigenvalue weighted by Gasteiger charge is -2.30. The number of nitrogens with two attached hydrogens (primary N) is 1. The van der Waals surface area contributed by atoms with Gasteiger partial charge in [0.05, 0.1) is 0 Å². The maximum atomic E-state index is 13.5. The Morgan fingerprint density at radius 1 is 1.26 bits per heavy atom. The summed E-state index contributed by atoms with van der Waals surface area (Å²) in [5.74, 6) is -0.487. The summed E-state index contributed by atoms with van der Waals surface area (Å²) in [5, 5.41) is 2.89. The second-order valence-corrected chi connectivity index (χ2v) is 5.96. The Morgan fingerprint density at radius 2 is 1.96 bits per heavy atom. The van der Waals surface area contributed by atoms with Crippen molar-refractivity contribution < 1.29 is 14.0 Å². The third-order valence-corrected chi connectivity index (χ3v) is 4.28. The van der Waals surface area contributed by atoms with Crippen molar-refractivity contribution >= 4 is 11.8 Å². The Balaban J connectivity index is 1.67. The molecule has 0 atom stereocenters. The van der Waals surface area contributed by atoms with E-state index >= 15 is 0 Å². The molecule has 0 unspecified atom stereocenters. The zero-order chi connectivity index (χ0) is 16.7. The predicted octanol–water partition coefficient (Wildman–Crippen LogP) is 1.07. The summed E-state index contributed by atoms with van der Waals surface area (Å²) < 4.78 is 13.5. The van der Waals surface area contributed by atoms with E-state index in [2.05, 4.69) is 10.2 Å². The van der Waals surface area contributed by atoms with E-state index in [1.54, 1.807) is 18.2 Å². The molecule has 2 amide bonds. The Bertz CT molecular complexity index is 542. The number of carbonyl (C=O) groups is 2. The van der Waals surface area contributed by atoms with Gasteiger partial charge in [-0.15, -0.1) is 0 Å². The van der Waals surface area contributed by atoms with Crippen LogP contribution in [0, 0.1) is 11.7 Å². The van der Waals surface area contributed by atoms with Crippen molar-refractivity contribution in [2.75, 3.05) is 26.2 Å². The average molecular weight is 321 g/mol. The molecule has 6 heteroatoms. The molecule has 1 aliphatic rings. The van der Waals surface area contributed by atoms with Crippen LogP contribution in [0.2, 0.25) is 0 Å². The molecule has 3 N–H and O–H groups in total. The summed E-state index contributed by atoms with van der Waals surface area (Å²) in [4.78, 5) is 25.1. The van der Waals surface area contributed by atoms with Crippen LogP contribution >= 0.6 is 0 Å². The second kappa shape index (κ2) is 8.62. The molecule has 1 aromatic rings. The lowest BCUT2D eigenvalue weighted by Crippen LogP contribution is -2.41. The Labute approximate surface area is 136 Å². The minimum absolute atomic E-state index is 0.000415. The predicted molar refractivity (Wildman–Crippen MR) is 86.1 cm³/mol. The minimum Gasteiger partial charge on any atom is -0.370 e. The molecule has 1 aromatic carbocycles. The average Bonchev–Trinajstić information content (AvgIpc) is 2.55. The first-order valence-electron chi connectivity index (χ1n) is 8.08. The highest BCUT2D eigenvalue weighted by molar-refractivity contribution is 5.78. The Morgan fingerprint density at radius 3 is 2.61 bits per heavy atom. The SMILES string of the molecule is NC(=O)CCN1CCC(C(=O)NCCc2ccccc2F)CC1. The molecular weight excluding hydrogens is 297 g/mol. The first kappa shape index (κ1) is 17.4. The molecule has 23 heavy (non-hydrogen) atoms. The fraction of sp³-hybridized carbons (Fsp3) is 0.529. The summed E-state index contributed by atoms with van der Waals surface area (Å²) in [5.41, 5.74) is 5.76. The molecule has 0 saturated carbocycles. The third-order valence-electron chi connectivity index (χ3n) is 4.28. The fourth-order valence-electron chi connectivity index (χ4n) is 2.85. The monoisotopic (exact) mass is 321 g/mol. The molecule has 2 rings (SSSR count). The maximum Gasteiger partial charge on any atom is 0.223 e. The largest absolute Gasteiger partial charge is 0.370 e. The van der Waals surface area contributed by atoms with Crippen molar-refractivity contribution in [3.8, 4) is 0 Å². The Hall–Kier alpha value is -1.95. The quantitative estimate of drug-likeness (QED) is 0.789. The van der Waals surface area contributed by atoms with Gasteiger partial charge in [-0.25, -0.2) is 4.39 Å². The topological polar surface area (TPSA) is 75.4 Å². The summed E-state index contributed by atoms with van der Waals surface area (Å²) in [6.45, 7) is 2.72. The molecular formula is C17H24FN3O2. The van der Waals surface area contributed by atoms with Crippen molar-refractivity contribution in [2.24, 2.45) is 11.7 Å². The number of piperidine rings is 1. The van der Waals surface area contributed by atoms with Gasteiger partial charge in [0.1, 0.15) is 5.82 Å². The molecule has 5 nitrogen and oxygen atoms in total. The van der Waals surface area contributed by atoms with Crippen molar-refractivity contribution in [1.82, 2.24) is 10.2 Å². The third kappa shape index (κ3) is 5.63. The van der Waals surface area contributed by atoms with Crippen LogP contribution in [0.25, 0.3) is 0 Å². The first-order chi connectivity index (χ1) is 11.1. The van der Waals surface area contributed by atoms with E-state index in [0.717, 1.165) is 25.9 Å². The van der Waals surface area contributed by atoms with Crippen molar-refractivity contribution in [2.45, 2.75) is 25.7 Å². The number of amides is 2. The van der Waals surface area contributed by atoms with Crippen LogP contribution in [0.4, 0.5) is 4.39 Å². The van der Waals surface area contributed by atoms with Crippen LogP contribution < -0.4 is 11.1 Å². The number of carbonyl (C=O) groups excluding carboxylic acids is 2. The number of likely N-dealkylation sites (tertiary alicyclic amines) is 1. The number of nitrogens with zero attached hydrogens (tertiary/aromatic N) is 1. The van der Waals surface area contributed by atoms with Crippen molar-refractivity contribution in [3.05, 3.63) is 35.6 Å². The van der Waals surface area contributed by atoms with Crippen LogP contribution in [0.15, 0.2) is 24.3 Å². The van der Waals surface area contributed by atoms with E-state index in [9.17, 15) is 14.0 Å². The molecule has 1 saturated heterocycles. The Kier molecular flexibility index (Phi) is 6.52. The lowest BCUT2D eigenvalue weighted by atomic mass is 9.95. The van der Waals surface area contributed by atoms with E-state index in [-0.39, 0.29) is 23.5 Å². The van der Waals surface area contributed by atoms with Gasteiger partial charge >= 0.3 is 0 Å². The molecule has 1 heterocycles. The van der Waals surface area contributed by atoms with Crippen LogP contribution in [0.1, 0.15) is 24.8 Å². The number of halogens is 1. The number of hydrogen-bond acceptors (Lipinski definition) is 3. The van der Waals surface area contributed by atoms with Gasteiger partial charge in [0.15, 0.2) is 0 Å². The normalized spacial score (nSPS) is 16.2. The number of hydrogen-bond donors (Lipinski definition) is 2. The zero-order valence-electron chi connectivity index (χ0n) is 13.3. The van der Waals surface area contributed by atoms with Gasteiger partial charge in [0.25, 0.3) is 0 Å². The second-order valence-electron chi connectivity index (χ2n) is 5.96. The summed E-state index contributed by atoms with van der Waals surface area (Å²) in [7, 11) is 0. The van der Waals surface area contributed by atoms with Gasteiger partial charge < -0.3 is 16.0 Å². The van der Waals surface area contributed by atoms with Crippen molar-refractivity contribution in [3.63, 3.8) is 0 Å². The molecule has 1 fully saturated rings. The van der Waals surface area contributed by atoms with Gasteiger partial charge in [-0.1, -0.05) is 18.2 Å². The van der Waals surface area contributed by atoms with Crippen LogP contribution in [0.3, 0.4) is 0 Å². The van der Waals surface area contributed by atoms with E-state index in [1.807, 2.05) is 0 Å². The number of rotatable bonds is 7. The van der Waals surface area contributed by atoms with Gasteiger partial charge in [-0.3, -0.25) is 9.59 Å². The number of benzene rings is 1. The highest BCUT2D eigenvalue weighted by atomic mass is 19.1. The van der Waals surface area contributed by atoms with E-state index in [1.165, 1.54) is 6.07 Å². The van der Waals surface area contributed by atoms with Crippen molar-refractivity contribution in [1.29, 1.82) is 0 Å². The molecule has 0 aliphatic carbocycles. The summed E-state index contributed by atoms with van der Waals surface area (Å²) in [6.07, 6.45) is 2.42.